The van der Waals surface area contributed by atoms with Crippen LogP contribution in [0.25, 0.3) is 10.6 Å². The molecular weight excluding hydrogens is 342 g/mol. The lowest BCUT2D eigenvalue weighted by atomic mass is 10.2. The highest BCUT2D eigenvalue weighted by Crippen LogP contribution is 2.27. The Morgan fingerprint density at radius 1 is 1.19 bits per heavy atom. The second kappa shape index (κ2) is 7.89. The molecule has 1 aromatic heterocycles. The van der Waals surface area contributed by atoms with Gasteiger partial charge in [0.25, 0.3) is 0 Å². The van der Waals surface area contributed by atoms with Gasteiger partial charge in [0, 0.05) is 42.3 Å². The predicted molar refractivity (Wildman–Crippen MR) is 108 cm³/mol. The van der Waals surface area contributed by atoms with Gasteiger partial charge in [-0.3, -0.25) is 4.90 Å². The monoisotopic (exact) mass is 365 g/mol. The zero-order valence-electron chi connectivity index (χ0n) is 14.9. The number of thiazole rings is 1. The fourth-order valence-corrected chi connectivity index (χ4v) is 4.17. The molecule has 0 aliphatic carbocycles. The summed E-state index contributed by atoms with van der Waals surface area (Å²) in [6, 6.07) is 19.1. The van der Waals surface area contributed by atoms with Crippen LogP contribution in [0.3, 0.4) is 0 Å². The van der Waals surface area contributed by atoms with Crippen LogP contribution in [-0.2, 0) is 6.54 Å². The van der Waals surface area contributed by atoms with E-state index in [1.54, 1.807) is 18.4 Å². The highest BCUT2D eigenvalue weighted by molar-refractivity contribution is 7.13. The maximum atomic E-state index is 5.31. The highest BCUT2D eigenvalue weighted by atomic mass is 32.1. The molecular formula is C21H23N3OS. The number of ether oxygens (including phenoxy) is 1. The molecule has 0 radical (unpaired) electrons. The molecule has 1 atom stereocenters. The van der Waals surface area contributed by atoms with Crippen LogP contribution >= 0.6 is 11.3 Å². The Kier molecular flexibility index (Phi) is 5.18. The van der Waals surface area contributed by atoms with Gasteiger partial charge in [-0.1, -0.05) is 30.3 Å². The van der Waals surface area contributed by atoms with E-state index in [0.717, 1.165) is 41.6 Å². The zero-order valence-corrected chi connectivity index (χ0v) is 15.7. The van der Waals surface area contributed by atoms with Crippen molar-refractivity contribution in [2.45, 2.75) is 19.0 Å². The maximum Gasteiger partial charge on any atom is 0.123 e. The van der Waals surface area contributed by atoms with E-state index in [1.807, 2.05) is 24.3 Å². The van der Waals surface area contributed by atoms with Gasteiger partial charge in [-0.15, -0.1) is 11.3 Å². The van der Waals surface area contributed by atoms with E-state index in [0.29, 0.717) is 6.04 Å². The number of nitrogens with zero attached hydrogens (tertiary/aromatic N) is 2. The molecule has 2 heterocycles. The number of nitrogens with one attached hydrogen (secondary N) is 1. The first-order chi connectivity index (χ1) is 12.8. The molecule has 0 saturated carbocycles. The predicted octanol–water partition coefficient (Wildman–Crippen LogP) is 4.51. The smallest absolute Gasteiger partial charge is 0.123 e. The molecule has 0 spiro atoms. The average Bonchev–Trinajstić information content (AvgIpc) is 3.33. The van der Waals surface area contributed by atoms with Gasteiger partial charge in [0.2, 0.25) is 0 Å². The molecule has 4 rings (SSSR count). The molecule has 2 aromatic carbocycles. The van der Waals surface area contributed by atoms with Crippen LogP contribution in [0.5, 0.6) is 5.75 Å². The van der Waals surface area contributed by atoms with E-state index in [4.69, 9.17) is 9.72 Å². The van der Waals surface area contributed by atoms with Crippen molar-refractivity contribution in [2.75, 3.05) is 25.5 Å². The summed E-state index contributed by atoms with van der Waals surface area (Å²) < 4.78 is 5.31. The van der Waals surface area contributed by atoms with Crippen molar-refractivity contribution in [3.05, 3.63) is 65.7 Å². The molecule has 3 aromatic rings. The minimum Gasteiger partial charge on any atom is -0.497 e. The minimum absolute atomic E-state index is 0.508. The fourth-order valence-electron chi connectivity index (χ4n) is 3.36. The van der Waals surface area contributed by atoms with Crippen molar-refractivity contribution in [3.63, 3.8) is 0 Å². The molecule has 1 unspecified atom stereocenters. The summed E-state index contributed by atoms with van der Waals surface area (Å²) in [5.74, 6) is 0.869. The largest absolute Gasteiger partial charge is 0.497 e. The second-order valence-electron chi connectivity index (χ2n) is 6.61. The number of hydrogen-bond donors (Lipinski definition) is 1. The van der Waals surface area contributed by atoms with Gasteiger partial charge >= 0.3 is 0 Å². The van der Waals surface area contributed by atoms with E-state index in [2.05, 4.69) is 45.9 Å². The van der Waals surface area contributed by atoms with Gasteiger partial charge in [-0.2, -0.15) is 0 Å². The van der Waals surface area contributed by atoms with Crippen LogP contribution in [0.1, 0.15) is 12.1 Å². The topological polar surface area (TPSA) is 37.4 Å². The van der Waals surface area contributed by atoms with E-state index in [1.165, 1.54) is 12.1 Å². The molecule has 26 heavy (non-hydrogen) atoms. The van der Waals surface area contributed by atoms with Crippen molar-refractivity contribution in [1.82, 2.24) is 9.88 Å². The van der Waals surface area contributed by atoms with Gasteiger partial charge < -0.3 is 10.1 Å². The molecule has 1 aliphatic rings. The number of anilines is 1. The minimum atomic E-state index is 0.508. The number of likely N-dealkylation sites (tertiary alicyclic amines) is 1. The zero-order chi connectivity index (χ0) is 17.8. The van der Waals surface area contributed by atoms with E-state index < -0.39 is 0 Å². The fraction of sp³-hybridized carbons (Fsp3) is 0.286. The van der Waals surface area contributed by atoms with Crippen molar-refractivity contribution < 1.29 is 4.74 Å². The van der Waals surface area contributed by atoms with Crippen LogP contribution in [-0.4, -0.2) is 36.1 Å². The molecule has 4 nitrogen and oxygen atoms in total. The number of methoxy groups -OCH3 is 1. The first-order valence-electron chi connectivity index (χ1n) is 8.93. The van der Waals surface area contributed by atoms with Crippen molar-refractivity contribution in [2.24, 2.45) is 0 Å². The van der Waals surface area contributed by atoms with Gasteiger partial charge in [0.1, 0.15) is 10.8 Å². The summed E-state index contributed by atoms with van der Waals surface area (Å²) in [5, 5.41) is 6.85. The third-order valence-electron chi connectivity index (χ3n) is 4.67. The number of aromatic nitrogens is 1. The summed E-state index contributed by atoms with van der Waals surface area (Å²) in [6.45, 7) is 3.07. The highest BCUT2D eigenvalue weighted by Gasteiger charge is 2.23. The quantitative estimate of drug-likeness (QED) is 0.698. The van der Waals surface area contributed by atoms with Crippen LogP contribution in [0.4, 0.5) is 5.69 Å². The van der Waals surface area contributed by atoms with Gasteiger partial charge in [-0.05, 0) is 30.7 Å². The molecule has 0 amide bonds. The molecule has 0 bridgehead atoms. The van der Waals surface area contributed by atoms with Crippen LogP contribution < -0.4 is 10.1 Å². The molecule has 134 valence electrons. The molecule has 1 saturated heterocycles. The molecule has 1 N–H and O–H groups in total. The van der Waals surface area contributed by atoms with Gasteiger partial charge in [-0.25, -0.2) is 4.98 Å². The summed E-state index contributed by atoms with van der Waals surface area (Å²) in [4.78, 5) is 7.31. The van der Waals surface area contributed by atoms with Crippen LogP contribution in [0.15, 0.2) is 60.0 Å². The van der Waals surface area contributed by atoms with Crippen molar-refractivity contribution in [1.29, 1.82) is 0 Å². The maximum absolute atomic E-state index is 5.31. The van der Waals surface area contributed by atoms with E-state index in [-0.39, 0.29) is 0 Å². The van der Waals surface area contributed by atoms with Crippen molar-refractivity contribution >= 4 is 17.0 Å². The lowest BCUT2D eigenvalue weighted by molar-refractivity contribution is 0.325. The Bertz CT molecular complexity index is 849. The number of benzene rings is 2. The molecule has 5 heteroatoms. The summed E-state index contributed by atoms with van der Waals surface area (Å²) in [5.41, 5.74) is 3.46. The second-order valence-corrected chi connectivity index (χ2v) is 7.47. The SMILES string of the molecule is COc1cccc(-c2nc(CN3CCC(Nc4ccccc4)C3)cs2)c1. The van der Waals surface area contributed by atoms with E-state index in [9.17, 15) is 0 Å². The number of hydrogen-bond acceptors (Lipinski definition) is 5. The normalized spacial score (nSPS) is 17.3. The third kappa shape index (κ3) is 4.06. The first kappa shape index (κ1) is 17.1. The molecule has 1 fully saturated rings. The van der Waals surface area contributed by atoms with Crippen LogP contribution in [0, 0.1) is 0 Å². The van der Waals surface area contributed by atoms with E-state index >= 15 is 0 Å². The van der Waals surface area contributed by atoms with Crippen LogP contribution in [0.2, 0.25) is 0 Å². The average molecular weight is 366 g/mol. The lowest BCUT2D eigenvalue weighted by Gasteiger charge is -2.16. The molecule has 1 aliphatic heterocycles. The number of rotatable bonds is 6. The Labute approximate surface area is 158 Å². The van der Waals surface area contributed by atoms with Gasteiger partial charge in [0.05, 0.1) is 12.8 Å². The van der Waals surface area contributed by atoms with Crippen molar-refractivity contribution in [3.8, 4) is 16.3 Å². The standard InChI is InChI=1S/C21H23N3OS/c1-25-20-9-5-6-16(12-20)21-23-19(15-26-21)14-24-11-10-18(13-24)22-17-7-3-2-4-8-17/h2-9,12,15,18,22H,10-11,13-14H2,1H3. The Balaban J connectivity index is 1.36. The Hall–Kier alpha value is -2.37. The first-order valence-corrected chi connectivity index (χ1v) is 9.81. The Morgan fingerprint density at radius 3 is 2.92 bits per heavy atom. The summed E-state index contributed by atoms with van der Waals surface area (Å²) in [7, 11) is 1.69. The van der Waals surface area contributed by atoms with Gasteiger partial charge in [0.15, 0.2) is 0 Å². The number of para-hydroxylation sites is 1. The third-order valence-corrected chi connectivity index (χ3v) is 5.61. The Morgan fingerprint density at radius 2 is 2.08 bits per heavy atom. The summed E-state index contributed by atoms with van der Waals surface area (Å²) in [6.07, 6.45) is 1.17. The summed E-state index contributed by atoms with van der Waals surface area (Å²) >= 11 is 1.70. The lowest BCUT2D eigenvalue weighted by Crippen LogP contribution is -2.26.